The maximum atomic E-state index is 12.9. The SMILES string of the molecule is CCOc1ccc(/C(O)=C2\C(=O)C(=O)N(CCN(C)C)C2c2cccs2)cc1Cl. The highest BCUT2D eigenvalue weighted by Crippen LogP contribution is 2.41. The predicted octanol–water partition coefficient (Wildman–Crippen LogP) is 3.78. The Bertz CT molecular complexity index is 940. The van der Waals surface area contributed by atoms with Crippen molar-refractivity contribution in [3.63, 3.8) is 0 Å². The highest BCUT2D eigenvalue weighted by Gasteiger charge is 2.46. The minimum atomic E-state index is -0.690. The molecule has 1 N–H and O–H groups in total. The number of halogens is 1. The van der Waals surface area contributed by atoms with Gasteiger partial charge in [-0.05, 0) is 50.7 Å². The zero-order valence-electron chi connectivity index (χ0n) is 16.5. The molecule has 1 aliphatic rings. The van der Waals surface area contributed by atoms with Crippen LogP contribution in [0.25, 0.3) is 5.76 Å². The third-order valence-corrected chi connectivity index (χ3v) is 5.87. The Morgan fingerprint density at radius 1 is 1.31 bits per heavy atom. The molecule has 1 saturated heterocycles. The molecule has 1 unspecified atom stereocenters. The Morgan fingerprint density at radius 2 is 2.07 bits per heavy atom. The Labute approximate surface area is 179 Å². The standard InChI is InChI=1S/C21H23ClN2O4S/c1-4-28-15-8-7-13(12-14(15)22)19(25)17-18(16-6-5-11-29-16)24(10-9-23(2)3)21(27)20(17)26/h5-8,11-12,18,25H,4,9-10H2,1-3H3/b19-17+. The fourth-order valence-corrected chi connectivity index (χ4v) is 4.32. The lowest BCUT2D eigenvalue weighted by Gasteiger charge is -2.25. The van der Waals surface area contributed by atoms with Gasteiger partial charge in [-0.2, -0.15) is 0 Å². The highest BCUT2D eigenvalue weighted by molar-refractivity contribution is 7.10. The van der Waals surface area contributed by atoms with Crippen molar-refractivity contribution < 1.29 is 19.4 Å². The molecule has 2 aromatic rings. The first-order chi connectivity index (χ1) is 13.8. The molecule has 3 rings (SSSR count). The van der Waals surface area contributed by atoms with Crippen LogP contribution in [0.1, 0.15) is 23.4 Å². The number of likely N-dealkylation sites (tertiary alicyclic amines) is 1. The number of ether oxygens (including phenoxy) is 1. The fraction of sp³-hybridized carbons (Fsp3) is 0.333. The third-order valence-electron chi connectivity index (χ3n) is 4.65. The molecular weight excluding hydrogens is 412 g/mol. The molecule has 1 amide bonds. The van der Waals surface area contributed by atoms with E-state index in [1.165, 1.54) is 16.2 Å². The van der Waals surface area contributed by atoms with Gasteiger partial charge in [-0.1, -0.05) is 17.7 Å². The number of nitrogens with zero attached hydrogens (tertiary/aromatic N) is 2. The summed E-state index contributed by atoms with van der Waals surface area (Å²) in [4.78, 5) is 29.9. The van der Waals surface area contributed by atoms with E-state index in [0.717, 1.165) is 4.88 Å². The molecule has 0 saturated carbocycles. The number of hydrogen-bond donors (Lipinski definition) is 1. The lowest BCUT2D eigenvalue weighted by Crippen LogP contribution is -2.35. The van der Waals surface area contributed by atoms with Gasteiger partial charge in [-0.15, -0.1) is 11.3 Å². The second-order valence-corrected chi connectivity index (χ2v) is 8.28. The minimum absolute atomic E-state index is 0.0800. The average molecular weight is 435 g/mol. The number of ketones is 1. The molecule has 8 heteroatoms. The molecule has 0 bridgehead atoms. The molecule has 1 aromatic heterocycles. The predicted molar refractivity (Wildman–Crippen MR) is 115 cm³/mol. The maximum absolute atomic E-state index is 12.9. The smallest absolute Gasteiger partial charge is 0.295 e. The number of carbonyl (C=O) groups excluding carboxylic acids is 2. The summed E-state index contributed by atoms with van der Waals surface area (Å²) in [6, 6.07) is 7.91. The average Bonchev–Trinajstić information content (AvgIpc) is 3.29. The van der Waals surface area contributed by atoms with Crippen molar-refractivity contribution in [2.24, 2.45) is 0 Å². The quantitative estimate of drug-likeness (QED) is 0.408. The van der Waals surface area contributed by atoms with Crippen LogP contribution in [0.4, 0.5) is 0 Å². The first-order valence-corrected chi connectivity index (χ1v) is 10.5. The Morgan fingerprint density at radius 3 is 2.66 bits per heavy atom. The van der Waals surface area contributed by atoms with E-state index in [4.69, 9.17) is 16.3 Å². The summed E-state index contributed by atoms with van der Waals surface area (Å²) in [5.74, 6) is -1.04. The van der Waals surface area contributed by atoms with E-state index in [0.29, 0.717) is 36.0 Å². The van der Waals surface area contributed by atoms with Crippen LogP contribution >= 0.6 is 22.9 Å². The number of benzene rings is 1. The van der Waals surface area contributed by atoms with Crippen LogP contribution in [0.2, 0.25) is 5.02 Å². The summed E-state index contributed by atoms with van der Waals surface area (Å²) in [6.07, 6.45) is 0. The first kappa shape index (κ1) is 21.4. The molecule has 0 radical (unpaired) electrons. The zero-order valence-corrected chi connectivity index (χ0v) is 18.1. The molecular formula is C21H23ClN2O4S. The molecule has 6 nitrogen and oxygen atoms in total. The van der Waals surface area contributed by atoms with Gasteiger partial charge in [0.05, 0.1) is 23.2 Å². The topological polar surface area (TPSA) is 70.1 Å². The van der Waals surface area contributed by atoms with Gasteiger partial charge in [0.15, 0.2) is 0 Å². The second kappa shape index (κ2) is 8.98. The van der Waals surface area contributed by atoms with Crippen LogP contribution in [-0.4, -0.2) is 60.4 Å². The Kier molecular flexibility index (Phi) is 6.62. The summed E-state index contributed by atoms with van der Waals surface area (Å²) >= 11 is 7.69. The van der Waals surface area contributed by atoms with Crippen LogP contribution in [0.5, 0.6) is 5.75 Å². The molecule has 154 valence electrons. The van der Waals surface area contributed by atoms with E-state index in [9.17, 15) is 14.7 Å². The zero-order chi connectivity index (χ0) is 21.1. The van der Waals surface area contributed by atoms with Gasteiger partial charge in [-0.25, -0.2) is 0 Å². The van der Waals surface area contributed by atoms with Gasteiger partial charge in [0.25, 0.3) is 11.7 Å². The molecule has 1 atom stereocenters. The van der Waals surface area contributed by atoms with Crippen molar-refractivity contribution in [1.29, 1.82) is 0 Å². The van der Waals surface area contributed by atoms with Crippen LogP contribution in [0.3, 0.4) is 0 Å². The van der Waals surface area contributed by atoms with Crippen molar-refractivity contribution in [2.75, 3.05) is 33.8 Å². The van der Waals surface area contributed by atoms with Gasteiger partial charge in [0.1, 0.15) is 11.5 Å². The normalized spacial score (nSPS) is 18.7. The molecule has 0 spiro atoms. The van der Waals surface area contributed by atoms with Crippen molar-refractivity contribution >= 4 is 40.4 Å². The molecule has 29 heavy (non-hydrogen) atoms. The molecule has 1 fully saturated rings. The maximum Gasteiger partial charge on any atom is 0.295 e. The number of Topliss-reactive ketones (excluding diaryl/α,β-unsaturated/α-hetero) is 1. The fourth-order valence-electron chi connectivity index (χ4n) is 3.24. The van der Waals surface area contributed by atoms with Crippen LogP contribution in [-0.2, 0) is 9.59 Å². The Balaban J connectivity index is 2.08. The highest BCUT2D eigenvalue weighted by atomic mass is 35.5. The number of aliphatic hydroxyl groups excluding tert-OH is 1. The lowest BCUT2D eigenvalue weighted by atomic mass is 10.00. The monoisotopic (exact) mass is 434 g/mol. The summed E-state index contributed by atoms with van der Waals surface area (Å²) < 4.78 is 5.42. The summed E-state index contributed by atoms with van der Waals surface area (Å²) in [6.45, 7) is 3.28. The summed E-state index contributed by atoms with van der Waals surface area (Å²) in [7, 11) is 3.80. The van der Waals surface area contributed by atoms with Crippen molar-refractivity contribution in [3.8, 4) is 5.75 Å². The van der Waals surface area contributed by atoms with E-state index in [-0.39, 0.29) is 11.3 Å². The van der Waals surface area contributed by atoms with Gasteiger partial charge in [0, 0.05) is 23.5 Å². The van der Waals surface area contributed by atoms with Crippen molar-refractivity contribution in [2.45, 2.75) is 13.0 Å². The molecule has 0 aliphatic carbocycles. The molecule has 1 aliphatic heterocycles. The van der Waals surface area contributed by atoms with E-state index < -0.39 is 17.7 Å². The summed E-state index contributed by atoms with van der Waals surface area (Å²) in [5, 5.41) is 13.2. The summed E-state index contributed by atoms with van der Waals surface area (Å²) in [5.41, 5.74) is 0.446. The van der Waals surface area contributed by atoms with E-state index >= 15 is 0 Å². The van der Waals surface area contributed by atoms with E-state index in [2.05, 4.69) is 0 Å². The number of rotatable bonds is 7. The van der Waals surface area contributed by atoms with Gasteiger partial charge >= 0.3 is 0 Å². The number of carbonyl (C=O) groups is 2. The largest absolute Gasteiger partial charge is 0.507 e. The second-order valence-electron chi connectivity index (χ2n) is 6.89. The van der Waals surface area contributed by atoms with Crippen LogP contribution in [0, 0.1) is 0 Å². The molecule has 2 heterocycles. The third kappa shape index (κ3) is 4.32. The van der Waals surface area contributed by atoms with Crippen LogP contribution in [0.15, 0.2) is 41.3 Å². The molecule has 1 aromatic carbocycles. The number of amides is 1. The minimum Gasteiger partial charge on any atom is -0.507 e. The lowest BCUT2D eigenvalue weighted by molar-refractivity contribution is -0.140. The van der Waals surface area contributed by atoms with Crippen molar-refractivity contribution in [1.82, 2.24) is 9.80 Å². The Hall–Kier alpha value is -2.35. The number of thiophene rings is 1. The van der Waals surface area contributed by atoms with E-state index in [1.807, 2.05) is 43.4 Å². The van der Waals surface area contributed by atoms with Gasteiger partial charge in [0.2, 0.25) is 0 Å². The van der Waals surface area contributed by atoms with Crippen LogP contribution < -0.4 is 4.74 Å². The van der Waals surface area contributed by atoms with Crippen molar-refractivity contribution in [3.05, 3.63) is 56.7 Å². The first-order valence-electron chi connectivity index (χ1n) is 9.24. The number of aliphatic hydroxyl groups is 1. The number of hydrogen-bond acceptors (Lipinski definition) is 6. The van der Waals surface area contributed by atoms with Gasteiger partial charge < -0.3 is 19.6 Å². The van der Waals surface area contributed by atoms with Gasteiger partial charge in [-0.3, -0.25) is 9.59 Å². The van der Waals surface area contributed by atoms with E-state index in [1.54, 1.807) is 18.2 Å². The number of likely N-dealkylation sites (N-methyl/N-ethyl adjacent to an activating group) is 1.